The highest BCUT2D eigenvalue weighted by molar-refractivity contribution is 5.95. The van der Waals surface area contributed by atoms with Crippen LogP contribution in [0.15, 0.2) is 139 Å². The lowest BCUT2D eigenvalue weighted by Gasteiger charge is -2.30. The molecular weight excluding hydrogens is 1710 g/mol. The fraction of sp³-hybridized carbons (Fsp3) is 0.527. The number of nitro groups is 1. The van der Waals surface area contributed by atoms with Gasteiger partial charge in [0.25, 0.3) is 29.3 Å². The van der Waals surface area contributed by atoms with Crippen LogP contribution in [0.2, 0.25) is 0 Å². The van der Waals surface area contributed by atoms with Crippen molar-refractivity contribution in [2.45, 2.75) is 271 Å². The van der Waals surface area contributed by atoms with Crippen molar-refractivity contribution in [1.29, 1.82) is 0 Å². The zero-order valence-electron chi connectivity index (χ0n) is 78.7. The molecule has 4 saturated heterocycles. The van der Waals surface area contributed by atoms with E-state index in [0.29, 0.717) is 109 Å². The highest BCUT2D eigenvalue weighted by Crippen LogP contribution is 2.38. The molecule has 0 aliphatic carbocycles. The third-order valence-corrected chi connectivity index (χ3v) is 20.6. The molecule has 14 N–H and O–H groups in total. The number of carbonyl (C=O) groups is 13. The molecule has 9 atom stereocenters. The highest BCUT2D eigenvalue weighted by atomic mass is 16.6. The van der Waals surface area contributed by atoms with Crippen LogP contribution in [0.4, 0.5) is 24.9 Å². The number of nitro benzene ring substituents is 1. The van der Waals surface area contributed by atoms with E-state index >= 15 is 0 Å². The Morgan fingerprint density at radius 3 is 1.04 bits per heavy atom. The van der Waals surface area contributed by atoms with Gasteiger partial charge in [-0.2, -0.15) is 5.10 Å². The topological polar surface area (TPSA) is 518 Å². The number of methoxy groups -OCH3 is 1. The summed E-state index contributed by atoms with van der Waals surface area (Å²) in [7, 11) is 2.93. The molecule has 0 spiro atoms. The maximum Gasteiger partial charge on any atom is 0.408 e. The van der Waals surface area contributed by atoms with Crippen LogP contribution in [-0.4, -0.2) is 225 Å². The molecule has 0 radical (unpaired) electrons. The molecule has 0 aromatic heterocycles. The Kier molecular flexibility index (Phi) is 42.1. The lowest BCUT2D eigenvalue weighted by molar-refractivity contribution is -0.385. The van der Waals surface area contributed by atoms with Gasteiger partial charge in [0.1, 0.15) is 70.7 Å². The smallest absolute Gasteiger partial charge is 0.408 e. The molecule has 0 saturated carbocycles. The third-order valence-electron chi connectivity index (χ3n) is 20.6. The maximum absolute atomic E-state index is 13.8. The fourth-order valence-electron chi connectivity index (χ4n) is 14.7. The molecular formula is C93H134N18O21. The largest absolute Gasteiger partial charge is 0.493 e. The van der Waals surface area contributed by atoms with Crippen molar-refractivity contribution in [3.63, 3.8) is 0 Å². The molecule has 4 aliphatic heterocycles. The van der Waals surface area contributed by atoms with Crippen molar-refractivity contribution in [1.82, 2.24) is 73.3 Å². The lowest BCUT2D eigenvalue weighted by atomic mass is 10.0. The molecule has 39 heteroatoms. The second-order valence-corrected chi connectivity index (χ2v) is 36.2. The maximum atomic E-state index is 13.8. The standard InChI is InChI=1S/C33H46N6O9.C22H32N4O4.2C19H28N4O4/c1-21(23-19-27(46-6)28(20-26(23)39(44)45)47-17-11-15-29(40)34-5)36-37-30(41)25-14-10-16-38(25)31(42)24(18-22-12-8-7-9-13-22)35-32(43)48-33(2,3)4;1-15(2)24-25-19(27)18-12-9-13-26(18)20(28)17(14-16-10-7-6-8-11-16)23-21(29)30-22(3,4)5;2*1-19(2,3)27-18(26)21-14(12-13-8-5-4-6-9-13)17(25)23-11-7-10-15(23)16(24)22-20/h7-9,12-13,19-21,24-25,36H,10-11,14-18H2,1-6H3,(H,34,40)(H,35,43)(H,37,41);6-8,10-11,17-18H,9,12-14H2,1-5H3,(H,23,29)(H,25,27);2*4-6,8-9,14-15H,7,10-12,20H2,1-3H3,(H,21,26)(H,22,24)/t21?,24-,25-;17-,18-;2*14-,15-/m0000/s1. The van der Waals surface area contributed by atoms with Crippen LogP contribution in [0.1, 0.15) is 202 Å². The van der Waals surface area contributed by atoms with Crippen molar-refractivity contribution < 1.29 is 95.7 Å². The molecule has 4 fully saturated rings. The number of rotatable bonds is 31. The van der Waals surface area contributed by atoms with Crippen LogP contribution in [-0.2, 0) is 87.8 Å². The first-order chi connectivity index (χ1) is 62.2. The predicted molar refractivity (Wildman–Crippen MR) is 492 cm³/mol. The monoisotopic (exact) mass is 1840 g/mol. The summed E-state index contributed by atoms with van der Waals surface area (Å²) in [4.78, 5) is 182. The normalized spacial score (nSPS) is 16.9. The number of ether oxygens (including phenoxy) is 6. The summed E-state index contributed by atoms with van der Waals surface area (Å²) in [5.41, 5.74) is 13.5. The van der Waals surface area contributed by atoms with Crippen LogP contribution in [0, 0.1) is 10.1 Å². The second kappa shape index (κ2) is 51.5. The van der Waals surface area contributed by atoms with Crippen LogP contribution in [0.3, 0.4) is 0 Å². The van der Waals surface area contributed by atoms with Gasteiger partial charge in [-0.3, -0.25) is 69.5 Å². The van der Waals surface area contributed by atoms with E-state index in [1.165, 1.54) is 45.9 Å². The lowest BCUT2D eigenvalue weighted by Crippen LogP contribution is -2.56. The molecule has 4 heterocycles. The minimum atomic E-state index is -0.984. The third kappa shape index (κ3) is 36.4. The first kappa shape index (κ1) is 108. The molecule has 5 aromatic carbocycles. The Labute approximate surface area is 771 Å². The number of benzene rings is 5. The van der Waals surface area contributed by atoms with Crippen LogP contribution in [0.5, 0.6) is 11.5 Å². The minimum Gasteiger partial charge on any atom is -0.493 e. The zero-order chi connectivity index (χ0) is 97.8. The summed E-state index contributed by atoms with van der Waals surface area (Å²) in [6, 6.07) is 33.1. The van der Waals surface area contributed by atoms with E-state index in [-0.39, 0.29) is 71.7 Å². The first-order valence-electron chi connectivity index (χ1n) is 44.1. The van der Waals surface area contributed by atoms with Crippen molar-refractivity contribution in [3.05, 3.63) is 171 Å². The van der Waals surface area contributed by atoms with Gasteiger partial charge in [0, 0.05) is 71.0 Å². The Bertz CT molecular complexity index is 4600. The predicted octanol–water partition coefficient (Wildman–Crippen LogP) is 8.15. The summed E-state index contributed by atoms with van der Waals surface area (Å²) < 4.78 is 32.4. The van der Waals surface area contributed by atoms with E-state index in [2.05, 4.69) is 58.8 Å². The minimum absolute atomic E-state index is 0.139. The van der Waals surface area contributed by atoms with Gasteiger partial charge in [-0.1, -0.05) is 121 Å². The van der Waals surface area contributed by atoms with E-state index in [1.807, 2.05) is 121 Å². The van der Waals surface area contributed by atoms with Crippen molar-refractivity contribution >= 4 is 88.9 Å². The summed E-state index contributed by atoms with van der Waals surface area (Å²) in [5, 5.41) is 29.2. The zero-order valence-corrected chi connectivity index (χ0v) is 78.7. The molecule has 5 aromatic rings. The number of hydrogen-bond donors (Lipinski definition) is 12. The Morgan fingerprint density at radius 1 is 0.462 bits per heavy atom. The SMILES string of the molecule is CC(C)(C)OC(=O)N[C@@H](Cc1ccccc1)C(=O)N1CCC[C@H]1C(=O)NN.CC(C)(C)OC(=O)N[C@@H](Cc1ccccc1)C(=O)N1CCC[C@H]1C(=O)NN.CC(C)=NNC(=O)[C@@H]1CCCN1C(=O)[C@H](Cc1ccccc1)NC(=O)OC(C)(C)C.CNC(=O)CCCOc1cc([N+](=O)[O-])c(C(C)NNC(=O)[C@@H]2CCCN2C(=O)[C@H](Cc2ccccc2)NC(=O)OC(C)(C)C)cc1OC. The Hall–Kier alpha value is -13.0. The van der Waals surface area contributed by atoms with Gasteiger partial charge >= 0.3 is 24.4 Å². The van der Waals surface area contributed by atoms with E-state index in [0.717, 1.165) is 22.3 Å². The van der Waals surface area contributed by atoms with Gasteiger partial charge in [0.15, 0.2) is 11.5 Å². The molecule has 0 bridgehead atoms. The fourth-order valence-corrected chi connectivity index (χ4v) is 14.7. The van der Waals surface area contributed by atoms with E-state index < -0.39 is 130 Å². The average molecular weight is 1840 g/mol. The number of amides is 13. The quantitative estimate of drug-likeness (QED) is 0.00378. The molecule has 13 amide bonds. The number of alkyl carbamates (subject to hydrolysis) is 4. The number of nitrogens with two attached hydrogens (primary N) is 2. The number of likely N-dealkylation sites (tertiary alicyclic amines) is 4. The summed E-state index contributed by atoms with van der Waals surface area (Å²) >= 11 is 0. The number of nitrogens with zero attached hydrogens (tertiary/aromatic N) is 6. The van der Waals surface area contributed by atoms with Crippen LogP contribution < -0.4 is 74.9 Å². The van der Waals surface area contributed by atoms with E-state index in [1.54, 1.807) is 104 Å². The van der Waals surface area contributed by atoms with Crippen molar-refractivity contribution in [2.75, 3.05) is 46.9 Å². The average Bonchev–Trinajstić information content (AvgIpc) is 1.19. The highest BCUT2D eigenvalue weighted by Gasteiger charge is 2.44. The van der Waals surface area contributed by atoms with Crippen molar-refractivity contribution in [2.24, 2.45) is 16.8 Å². The molecule has 132 heavy (non-hydrogen) atoms. The number of carbonyl (C=O) groups excluding carboxylic acids is 13. The molecule has 9 rings (SSSR count). The van der Waals surface area contributed by atoms with E-state index in [4.69, 9.17) is 40.1 Å². The van der Waals surface area contributed by atoms with Gasteiger partial charge in [-0.15, -0.1) is 0 Å². The summed E-state index contributed by atoms with van der Waals surface area (Å²) in [6.07, 6.45) is 3.68. The van der Waals surface area contributed by atoms with Gasteiger partial charge in [-0.05, 0) is 190 Å². The molecule has 4 aliphatic rings. The van der Waals surface area contributed by atoms with Gasteiger partial charge in [0.05, 0.1) is 36.3 Å². The number of hydrazone groups is 1. The number of hydrogen-bond acceptors (Lipinski definition) is 25. The van der Waals surface area contributed by atoms with Gasteiger partial charge in [0.2, 0.25) is 29.5 Å². The Morgan fingerprint density at radius 2 is 0.765 bits per heavy atom. The molecule has 39 nitrogen and oxygen atoms in total. The summed E-state index contributed by atoms with van der Waals surface area (Å²) in [5.74, 6) is 7.69. The van der Waals surface area contributed by atoms with Gasteiger partial charge < -0.3 is 74.6 Å². The number of nitrogens with one attached hydrogen (secondary N) is 10. The first-order valence-corrected chi connectivity index (χ1v) is 44.1. The Balaban J connectivity index is 0.000000280. The molecule has 1 unspecified atom stereocenters. The number of hydrazine groups is 3. The van der Waals surface area contributed by atoms with Crippen LogP contribution >= 0.6 is 0 Å². The molecule has 722 valence electrons. The van der Waals surface area contributed by atoms with Crippen LogP contribution in [0.25, 0.3) is 0 Å². The summed E-state index contributed by atoms with van der Waals surface area (Å²) in [6.45, 7) is 27.9. The second-order valence-electron chi connectivity index (χ2n) is 36.2. The van der Waals surface area contributed by atoms with Crippen molar-refractivity contribution in [3.8, 4) is 11.5 Å². The van der Waals surface area contributed by atoms with Gasteiger partial charge in [-0.25, -0.2) is 41.7 Å². The van der Waals surface area contributed by atoms with E-state index in [9.17, 15) is 72.4 Å².